The smallest absolute Gasteiger partial charge is 0.193 e. The number of aliphatic imine (C=N–C) groups is 1. The summed E-state index contributed by atoms with van der Waals surface area (Å²) in [5, 5.41) is 7.89. The van der Waals surface area contributed by atoms with Gasteiger partial charge in [-0.05, 0) is 34.4 Å². The number of hydrogen-bond acceptors (Lipinski definition) is 2. The molecule has 1 aromatic carbocycles. The number of guanidine groups is 1. The number of benzene rings is 1. The van der Waals surface area contributed by atoms with Crippen molar-refractivity contribution in [3.63, 3.8) is 0 Å². The van der Waals surface area contributed by atoms with Crippen molar-refractivity contribution in [3.8, 4) is 0 Å². The third-order valence-corrected chi connectivity index (χ3v) is 4.64. The minimum absolute atomic E-state index is 0.510. The molecule has 0 bridgehead atoms. The minimum Gasteiger partial charge on any atom is -0.353 e. The highest BCUT2D eigenvalue weighted by molar-refractivity contribution is 7.07. The van der Waals surface area contributed by atoms with Crippen molar-refractivity contribution in [2.45, 2.75) is 24.9 Å². The molecular weight excluding hydrogens is 278 g/mol. The molecule has 1 aliphatic carbocycles. The van der Waals surface area contributed by atoms with Crippen LogP contribution in [0.3, 0.4) is 0 Å². The van der Waals surface area contributed by atoms with E-state index in [-0.39, 0.29) is 0 Å². The fraction of sp³-hybridized carbons (Fsp3) is 0.353. The molecule has 2 atom stereocenters. The van der Waals surface area contributed by atoms with Crippen LogP contribution in [0.5, 0.6) is 0 Å². The Bertz CT molecular complexity index is 592. The molecular formula is C17H21N3S. The molecule has 3 nitrogen and oxygen atoms in total. The first kappa shape index (κ1) is 14.1. The van der Waals surface area contributed by atoms with Crippen molar-refractivity contribution < 1.29 is 0 Å². The first-order valence-electron chi connectivity index (χ1n) is 7.28. The molecule has 110 valence electrons. The zero-order valence-corrected chi connectivity index (χ0v) is 13.3. The van der Waals surface area contributed by atoms with Gasteiger partial charge in [-0.25, -0.2) is 0 Å². The lowest BCUT2D eigenvalue weighted by atomic mass is 10.1. The standard InChI is InChI=1S/C17H21N3S/c1-18-17(20(2)11-13-8-9-21-12-13)19-16-10-15(16)14-6-4-3-5-7-14/h3-9,12,15-16H,10-11H2,1-2H3,(H,18,19). The van der Waals surface area contributed by atoms with E-state index in [0.29, 0.717) is 12.0 Å². The molecule has 2 unspecified atom stereocenters. The average molecular weight is 299 g/mol. The van der Waals surface area contributed by atoms with E-state index in [1.807, 2.05) is 7.05 Å². The van der Waals surface area contributed by atoms with Gasteiger partial charge in [0.15, 0.2) is 5.96 Å². The highest BCUT2D eigenvalue weighted by atomic mass is 32.1. The molecule has 1 aliphatic rings. The van der Waals surface area contributed by atoms with Crippen LogP contribution in [0.15, 0.2) is 52.2 Å². The van der Waals surface area contributed by atoms with E-state index in [9.17, 15) is 0 Å². The maximum absolute atomic E-state index is 4.41. The van der Waals surface area contributed by atoms with Crippen LogP contribution in [0, 0.1) is 0 Å². The van der Waals surface area contributed by atoms with Crippen LogP contribution in [0.25, 0.3) is 0 Å². The molecule has 21 heavy (non-hydrogen) atoms. The van der Waals surface area contributed by atoms with Crippen molar-refractivity contribution in [1.29, 1.82) is 0 Å². The maximum Gasteiger partial charge on any atom is 0.193 e. The summed E-state index contributed by atoms with van der Waals surface area (Å²) in [5.41, 5.74) is 2.76. The summed E-state index contributed by atoms with van der Waals surface area (Å²) in [7, 11) is 3.94. The summed E-state index contributed by atoms with van der Waals surface area (Å²) in [6.45, 7) is 0.895. The number of hydrogen-bond donors (Lipinski definition) is 1. The molecule has 0 saturated heterocycles. The van der Waals surface area contributed by atoms with Gasteiger partial charge in [-0.3, -0.25) is 4.99 Å². The lowest BCUT2D eigenvalue weighted by Gasteiger charge is -2.21. The second-order valence-corrected chi connectivity index (χ2v) is 6.32. The van der Waals surface area contributed by atoms with Gasteiger partial charge in [-0.1, -0.05) is 30.3 Å². The van der Waals surface area contributed by atoms with E-state index in [4.69, 9.17) is 0 Å². The Labute approximate surface area is 130 Å². The number of rotatable bonds is 4. The normalized spacial score (nSPS) is 21.1. The lowest BCUT2D eigenvalue weighted by Crippen LogP contribution is -2.39. The van der Waals surface area contributed by atoms with Crippen LogP contribution in [-0.2, 0) is 6.54 Å². The monoisotopic (exact) mass is 299 g/mol. The van der Waals surface area contributed by atoms with Gasteiger partial charge in [0.1, 0.15) is 0 Å². The Morgan fingerprint density at radius 1 is 1.33 bits per heavy atom. The minimum atomic E-state index is 0.510. The summed E-state index contributed by atoms with van der Waals surface area (Å²) in [4.78, 5) is 6.59. The molecule has 1 saturated carbocycles. The molecule has 0 amide bonds. The Kier molecular flexibility index (Phi) is 4.25. The van der Waals surface area contributed by atoms with E-state index in [2.05, 4.69) is 69.4 Å². The average Bonchev–Trinajstić information content (AvgIpc) is 3.11. The Balaban J connectivity index is 1.57. The largest absolute Gasteiger partial charge is 0.353 e. The maximum atomic E-state index is 4.41. The van der Waals surface area contributed by atoms with Crippen molar-refractivity contribution in [2.75, 3.05) is 14.1 Å². The zero-order valence-electron chi connectivity index (χ0n) is 12.5. The van der Waals surface area contributed by atoms with Gasteiger partial charge in [-0.2, -0.15) is 11.3 Å². The fourth-order valence-electron chi connectivity index (χ4n) is 2.67. The molecule has 0 spiro atoms. The summed E-state index contributed by atoms with van der Waals surface area (Å²) in [6, 6.07) is 13.4. The molecule has 3 rings (SSSR count). The Hall–Kier alpha value is -1.81. The number of nitrogens with one attached hydrogen (secondary N) is 1. The van der Waals surface area contributed by atoms with E-state index in [1.54, 1.807) is 11.3 Å². The summed E-state index contributed by atoms with van der Waals surface area (Å²) >= 11 is 1.74. The molecule has 2 aromatic rings. The van der Waals surface area contributed by atoms with E-state index in [1.165, 1.54) is 17.5 Å². The lowest BCUT2D eigenvalue weighted by molar-refractivity contribution is 0.476. The van der Waals surface area contributed by atoms with Crippen LogP contribution in [-0.4, -0.2) is 31.0 Å². The van der Waals surface area contributed by atoms with Gasteiger partial charge < -0.3 is 10.2 Å². The highest BCUT2D eigenvalue weighted by Crippen LogP contribution is 2.40. The highest BCUT2D eigenvalue weighted by Gasteiger charge is 2.39. The molecule has 4 heteroatoms. The van der Waals surface area contributed by atoms with Gasteiger partial charge in [-0.15, -0.1) is 0 Å². The third kappa shape index (κ3) is 3.45. The molecule has 1 fully saturated rings. The van der Waals surface area contributed by atoms with Crippen molar-refractivity contribution in [2.24, 2.45) is 4.99 Å². The van der Waals surface area contributed by atoms with Crippen molar-refractivity contribution >= 4 is 17.3 Å². The molecule has 1 N–H and O–H groups in total. The van der Waals surface area contributed by atoms with Crippen LogP contribution in [0.2, 0.25) is 0 Å². The van der Waals surface area contributed by atoms with Gasteiger partial charge in [0, 0.05) is 32.6 Å². The SMILES string of the molecule is CN=C(NC1CC1c1ccccc1)N(C)Cc1ccsc1. The molecule has 1 aromatic heterocycles. The van der Waals surface area contributed by atoms with Gasteiger partial charge in [0.25, 0.3) is 0 Å². The van der Waals surface area contributed by atoms with Crippen LogP contribution >= 0.6 is 11.3 Å². The van der Waals surface area contributed by atoms with Crippen LogP contribution < -0.4 is 5.32 Å². The first-order chi connectivity index (χ1) is 10.3. The van der Waals surface area contributed by atoms with E-state index in [0.717, 1.165) is 12.5 Å². The summed E-state index contributed by atoms with van der Waals surface area (Å²) in [6.07, 6.45) is 1.19. The van der Waals surface area contributed by atoms with E-state index < -0.39 is 0 Å². The molecule has 0 aliphatic heterocycles. The quantitative estimate of drug-likeness (QED) is 0.693. The second-order valence-electron chi connectivity index (χ2n) is 5.54. The fourth-order valence-corrected chi connectivity index (χ4v) is 3.33. The number of thiophene rings is 1. The number of nitrogens with zero attached hydrogens (tertiary/aromatic N) is 2. The predicted molar refractivity (Wildman–Crippen MR) is 89.9 cm³/mol. The Morgan fingerprint density at radius 2 is 2.14 bits per heavy atom. The van der Waals surface area contributed by atoms with Crippen LogP contribution in [0.1, 0.15) is 23.5 Å². The summed E-state index contributed by atoms with van der Waals surface area (Å²) in [5.74, 6) is 1.60. The zero-order chi connectivity index (χ0) is 14.7. The van der Waals surface area contributed by atoms with Crippen LogP contribution in [0.4, 0.5) is 0 Å². The summed E-state index contributed by atoms with van der Waals surface area (Å²) < 4.78 is 0. The first-order valence-corrected chi connectivity index (χ1v) is 8.22. The molecule has 0 radical (unpaired) electrons. The molecule has 1 heterocycles. The van der Waals surface area contributed by atoms with E-state index >= 15 is 0 Å². The van der Waals surface area contributed by atoms with Crippen molar-refractivity contribution in [1.82, 2.24) is 10.2 Å². The van der Waals surface area contributed by atoms with Gasteiger partial charge in [0.2, 0.25) is 0 Å². The second kappa shape index (κ2) is 6.31. The third-order valence-electron chi connectivity index (χ3n) is 3.91. The van der Waals surface area contributed by atoms with Gasteiger partial charge >= 0.3 is 0 Å². The predicted octanol–water partition coefficient (Wildman–Crippen LogP) is 3.31. The Morgan fingerprint density at radius 3 is 2.81 bits per heavy atom. The topological polar surface area (TPSA) is 27.6 Å². The van der Waals surface area contributed by atoms with Gasteiger partial charge in [0.05, 0.1) is 0 Å². The van der Waals surface area contributed by atoms with Crippen molar-refractivity contribution in [3.05, 3.63) is 58.3 Å².